The van der Waals surface area contributed by atoms with Gasteiger partial charge in [0.2, 0.25) is 10.0 Å². The summed E-state index contributed by atoms with van der Waals surface area (Å²) in [4.78, 5) is 11.8. The van der Waals surface area contributed by atoms with E-state index in [1.165, 1.54) is 21.0 Å². The number of nitrogens with zero attached hydrogens (tertiary/aromatic N) is 2. The minimum atomic E-state index is -3.70. The van der Waals surface area contributed by atoms with Crippen molar-refractivity contribution in [3.8, 4) is 0 Å². The quantitative estimate of drug-likeness (QED) is 0.875. The van der Waals surface area contributed by atoms with Crippen LogP contribution in [0.15, 0.2) is 32.3 Å². The molecule has 0 unspecified atom stereocenters. The predicted octanol–water partition coefficient (Wildman–Crippen LogP) is 1.69. The minimum Gasteiger partial charge on any atom is -0.408 e. The van der Waals surface area contributed by atoms with Crippen LogP contribution in [0.25, 0.3) is 11.1 Å². The Morgan fingerprint density at radius 3 is 2.85 bits per heavy atom. The molecule has 7 nitrogen and oxygen atoms in total. The summed E-state index contributed by atoms with van der Waals surface area (Å²) >= 11 is 0. The molecule has 4 rings (SSSR count). The molecule has 142 valence electrons. The highest BCUT2D eigenvalue weighted by Crippen LogP contribution is 2.45. The third-order valence-electron chi connectivity index (χ3n) is 6.30. The Balaban J connectivity index is 1.68. The van der Waals surface area contributed by atoms with E-state index >= 15 is 0 Å². The molecule has 1 aromatic carbocycles. The van der Waals surface area contributed by atoms with Gasteiger partial charge < -0.3 is 9.52 Å². The molecule has 1 aliphatic carbocycles. The van der Waals surface area contributed by atoms with Gasteiger partial charge in [0.05, 0.1) is 16.0 Å². The molecule has 2 aliphatic rings. The van der Waals surface area contributed by atoms with Gasteiger partial charge in [-0.1, -0.05) is 13.3 Å². The highest BCUT2D eigenvalue weighted by atomic mass is 32.2. The van der Waals surface area contributed by atoms with E-state index in [0.29, 0.717) is 25.0 Å². The molecule has 1 saturated carbocycles. The van der Waals surface area contributed by atoms with Gasteiger partial charge in [-0.25, -0.2) is 13.2 Å². The number of oxazole rings is 1. The number of aryl methyl sites for hydroxylation is 1. The van der Waals surface area contributed by atoms with Crippen LogP contribution in [0.5, 0.6) is 0 Å². The standard InChI is InChI=1S/C18H24N2O5S/c1-3-18(22)8-4-5-12-10-20(11-14(12)18)26(23,24)13-6-7-15-16(9-13)25-17(21)19(15)2/h6-7,9,12,14,22H,3-5,8,10-11H2,1-2H3/t12-,14+,18-/m1/s1. The molecule has 1 saturated heterocycles. The van der Waals surface area contributed by atoms with Gasteiger partial charge >= 0.3 is 5.76 Å². The largest absolute Gasteiger partial charge is 0.419 e. The Morgan fingerprint density at radius 2 is 2.12 bits per heavy atom. The lowest BCUT2D eigenvalue weighted by molar-refractivity contribution is -0.0605. The van der Waals surface area contributed by atoms with Gasteiger partial charge in [-0.15, -0.1) is 0 Å². The van der Waals surface area contributed by atoms with E-state index < -0.39 is 21.4 Å². The van der Waals surface area contributed by atoms with Crippen LogP contribution < -0.4 is 5.76 Å². The Labute approximate surface area is 152 Å². The SMILES string of the molecule is CC[C@@]1(O)CCC[C@@H]2CN(S(=O)(=O)c3ccc4c(c3)oc(=O)n4C)C[C@@H]21. The molecule has 26 heavy (non-hydrogen) atoms. The van der Waals surface area contributed by atoms with E-state index in [9.17, 15) is 18.3 Å². The van der Waals surface area contributed by atoms with Crippen molar-refractivity contribution < 1.29 is 17.9 Å². The van der Waals surface area contributed by atoms with Crippen molar-refractivity contribution in [2.24, 2.45) is 18.9 Å². The van der Waals surface area contributed by atoms with Crippen LogP contribution in [0.1, 0.15) is 32.6 Å². The molecule has 1 N–H and O–H groups in total. The lowest BCUT2D eigenvalue weighted by atomic mass is 9.69. The summed E-state index contributed by atoms with van der Waals surface area (Å²) in [6.45, 7) is 2.74. The van der Waals surface area contributed by atoms with E-state index in [2.05, 4.69) is 0 Å². The van der Waals surface area contributed by atoms with E-state index in [1.54, 1.807) is 13.1 Å². The van der Waals surface area contributed by atoms with E-state index in [1.807, 2.05) is 6.92 Å². The number of aliphatic hydroxyl groups is 1. The molecule has 2 heterocycles. The van der Waals surface area contributed by atoms with Gasteiger partial charge in [-0.05, 0) is 37.3 Å². The summed E-state index contributed by atoms with van der Waals surface area (Å²) in [5, 5.41) is 10.9. The molecule has 0 spiro atoms. The van der Waals surface area contributed by atoms with Crippen LogP contribution in [-0.2, 0) is 17.1 Å². The second kappa shape index (κ2) is 5.94. The molecule has 0 amide bonds. The zero-order valence-electron chi connectivity index (χ0n) is 15.0. The average Bonchev–Trinajstić information content (AvgIpc) is 3.18. The number of rotatable bonds is 3. The number of aromatic nitrogens is 1. The minimum absolute atomic E-state index is 0.0191. The van der Waals surface area contributed by atoms with Crippen molar-refractivity contribution >= 4 is 21.1 Å². The lowest BCUT2D eigenvalue weighted by Gasteiger charge is -2.40. The first-order chi connectivity index (χ1) is 12.3. The smallest absolute Gasteiger partial charge is 0.408 e. The van der Waals surface area contributed by atoms with Crippen molar-refractivity contribution in [2.45, 2.75) is 43.1 Å². The van der Waals surface area contributed by atoms with Crippen LogP contribution in [0.4, 0.5) is 0 Å². The molecule has 0 bridgehead atoms. The van der Waals surface area contributed by atoms with Gasteiger partial charge in [-0.3, -0.25) is 4.57 Å². The van der Waals surface area contributed by atoms with Crippen molar-refractivity contribution in [1.29, 1.82) is 0 Å². The summed E-state index contributed by atoms with van der Waals surface area (Å²) in [6.07, 6.45) is 3.26. The number of hydrogen-bond acceptors (Lipinski definition) is 5. The van der Waals surface area contributed by atoms with Crippen LogP contribution in [0.2, 0.25) is 0 Å². The second-order valence-corrected chi connectivity index (χ2v) is 9.53. The van der Waals surface area contributed by atoms with E-state index in [4.69, 9.17) is 4.42 Å². The molecule has 0 radical (unpaired) electrons. The molecule has 1 aliphatic heterocycles. The normalized spacial score (nSPS) is 30.0. The van der Waals surface area contributed by atoms with Crippen molar-refractivity contribution in [1.82, 2.24) is 8.87 Å². The predicted molar refractivity (Wildman–Crippen MR) is 96.3 cm³/mol. The Bertz CT molecular complexity index is 1010. The highest BCUT2D eigenvalue weighted by molar-refractivity contribution is 7.89. The van der Waals surface area contributed by atoms with Crippen molar-refractivity contribution in [3.63, 3.8) is 0 Å². The van der Waals surface area contributed by atoms with Crippen molar-refractivity contribution in [3.05, 3.63) is 28.7 Å². The van der Waals surface area contributed by atoms with Gasteiger partial charge in [0, 0.05) is 32.1 Å². The first-order valence-corrected chi connectivity index (χ1v) is 10.5. The van der Waals surface area contributed by atoms with Gasteiger partial charge in [0.1, 0.15) is 0 Å². The zero-order valence-corrected chi connectivity index (χ0v) is 15.8. The fraction of sp³-hybridized carbons (Fsp3) is 0.611. The fourth-order valence-corrected chi connectivity index (χ4v) is 6.19. The van der Waals surface area contributed by atoms with Gasteiger partial charge in [0.15, 0.2) is 5.58 Å². The van der Waals surface area contributed by atoms with E-state index in [0.717, 1.165) is 19.3 Å². The maximum atomic E-state index is 13.1. The van der Waals surface area contributed by atoms with Gasteiger partial charge in [0.25, 0.3) is 0 Å². The summed E-state index contributed by atoms with van der Waals surface area (Å²) < 4.78 is 34.2. The average molecular weight is 380 g/mol. The molecule has 2 aromatic rings. The Kier molecular flexibility index (Phi) is 4.05. The van der Waals surface area contributed by atoms with Gasteiger partial charge in [-0.2, -0.15) is 4.31 Å². The monoisotopic (exact) mass is 380 g/mol. The molecular formula is C18H24N2O5S. The Morgan fingerprint density at radius 1 is 1.35 bits per heavy atom. The van der Waals surface area contributed by atoms with Crippen LogP contribution >= 0.6 is 0 Å². The fourth-order valence-electron chi connectivity index (χ4n) is 4.65. The first-order valence-electron chi connectivity index (χ1n) is 9.08. The van der Waals surface area contributed by atoms with E-state index in [-0.39, 0.29) is 22.3 Å². The number of fused-ring (bicyclic) bond motifs is 2. The lowest BCUT2D eigenvalue weighted by Crippen LogP contribution is -2.44. The maximum absolute atomic E-state index is 13.1. The van der Waals surface area contributed by atoms with Crippen molar-refractivity contribution in [2.75, 3.05) is 13.1 Å². The summed E-state index contributed by atoms with van der Waals surface area (Å²) in [5.74, 6) is -0.342. The summed E-state index contributed by atoms with van der Waals surface area (Å²) in [5.41, 5.74) is 0.0493. The maximum Gasteiger partial charge on any atom is 0.419 e. The molecular weight excluding hydrogens is 356 g/mol. The first kappa shape index (κ1) is 17.8. The number of benzene rings is 1. The van der Waals surface area contributed by atoms with Crippen LogP contribution in [-0.4, -0.2) is 41.1 Å². The molecule has 1 aromatic heterocycles. The zero-order chi connectivity index (χ0) is 18.7. The summed E-state index contributed by atoms with van der Waals surface area (Å²) in [6, 6.07) is 4.53. The number of hydrogen-bond donors (Lipinski definition) is 1. The summed E-state index contributed by atoms with van der Waals surface area (Å²) in [7, 11) is -2.12. The second-order valence-electron chi connectivity index (χ2n) is 7.59. The molecule has 3 atom stereocenters. The van der Waals surface area contributed by atoms with Crippen LogP contribution in [0, 0.1) is 11.8 Å². The third-order valence-corrected chi connectivity index (χ3v) is 8.12. The third kappa shape index (κ3) is 2.54. The topological polar surface area (TPSA) is 92.8 Å². The van der Waals surface area contributed by atoms with Crippen LogP contribution in [0.3, 0.4) is 0 Å². The number of sulfonamides is 1. The Hall–Kier alpha value is -1.64. The molecule has 8 heteroatoms. The highest BCUT2D eigenvalue weighted by Gasteiger charge is 2.50. The molecule has 2 fully saturated rings.